The van der Waals surface area contributed by atoms with Gasteiger partial charge in [0, 0.05) is 32.2 Å². The van der Waals surface area contributed by atoms with Crippen LogP contribution in [0.4, 0.5) is 0 Å². The number of ketones is 1. The number of carbonyl (C=O) groups excluding carboxylic acids is 2. The van der Waals surface area contributed by atoms with Gasteiger partial charge in [-0.25, -0.2) is 0 Å². The fourth-order valence-electron chi connectivity index (χ4n) is 4.11. The maximum absolute atomic E-state index is 13.0. The Hall–Kier alpha value is -3.32. The molecule has 4 rings (SSSR count). The minimum Gasteiger partial charge on any atom is -0.507 e. The Morgan fingerprint density at radius 1 is 1.16 bits per heavy atom. The Morgan fingerprint density at radius 2 is 1.94 bits per heavy atom. The van der Waals surface area contributed by atoms with Crippen LogP contribution in [-0.2, 0) is 20.7 Å². The maximum atomic E-state index is 13.0. The van der Waals surface area contributed by atoms with Crippen LogP contribution in [0.1, 0.15) is 29.2 Å². The van der Waals surface area contributed by atoms with Crippen molar-refractivity contribution in [1.82, 2.24) is 4.90 Å². The van der Waals surface area contributed by atoms with Crippen LogP contribution in [0.2, 0.25) is 0 Å². The molecule has 7 heteroatoms. The van der Waals surface area contributed by atoms with Crippen molar-refractivity contribution < 1.29 is 28.9 Å². The van der Waals surface area contributed by atoms with Crippen molar-refractivity contribution in [2.75, 3.05) is 34.0 Å². The molecule has 2 aliphatic heterocycles. The van der Waals surface area contributed by atoms with E-state index >= 15 is 0 Å². The van der Waals surface area contributed by atoms with E-state index in [0.29, 0.717) is 37.5 Å². The van der Waals surface area contributed by atoms with Crippen LogP contribution in [0.5, 0.6) is 11.5 Å². The van der Waals surface area contributed by atoms with Crippen LogP contribution in [-0.4, -0.2) is 55.7 Å². The summed E-state index contributed by atoms with van der Waals surface area (Å²) < 4.78 is 15.9. The predicted molar refractivity (Wildman–Crippen MR) is 114 cm³/mol. The Labute approximate surface area is 180 Å². The Balaban J connectivity index is 1.79. The van der Waals surface area contributed by atoms with E-state index in [-0.39, 0.29) is 11.3 Å². The molecule has 2 heterocycles. The lowest BCUT2D eigenvalue weighted by atomic mass is 9.94. The summed E-state index contributed by atoms with van der Waals surface area (Å²) in [6.45, 7) is 1.39. The Kier molecular flexibility index (Phi) is 5.95. The third-order valence-electron chi connectivity index (χ3n) is 5.68. The van der Waals surface area contributed by atoms with Gasteiger partial charge in [-0.1, -0.05) is 12.1 Å². The predicted octanol–water partition coefficient (Wildman–Crippen LogP) is 3.09. The van der Waals surface area contributed by atoms with E-state index < -0.39 is 17.7 Å². The van der Waals surface area contributed by atoms with Crippen LogP contribution in [0.25, 0.3) is 5.76 Å². The molecule has 0 saturated carbocycles. The fourth-order valence-corrected chi connectivity index (χ4v) is 4.11. The lowest BCUT2D eigenvalue weighted by Crippen LogP contribution is -2.31. The number of hydrogen-bond donors (Lipinski definition) is 1. The zero-order valence-corrected chi connectivity index (χ0v) is 17.6. The molecule has 2 aromatic carbocycles. The summed E-state index contributed by atoms with van der Waals surface area (Å²) in [7, 11) is 3.16. The van der Waals surface area contributed by atoms with Crippen molar-refractivity contribution in [3.63, 3.8) is 0 Å². The summed E-state index contributed by atoms with van der Waals surface area (Å²) in [5.41, 5.74) is 2.28. The number of benzene rings is 2. The second kappa shape index (κ2) is 8.81. The third kappa shape index (κ3) is 3.88. The van der Waals surface area contributed by atoms with Gasteiger partial charge in [0.25, 0.3) is 11.7 Å². The second-order valence-electron chi connectivity index (χ2n) is 7.53. The number of nitrogens with zero attached hydrogens (tertiary/aromatic N) is 1. The summed E-state index contributed by atoms with van der Waals surface area (Å²) in [5, 5.41) is 11.2. The first kappa shape index (κ1) is 20.9. The molecule has 1 unspecified atom stereocenters. The van der Waals surface area contributed by atoms with E-state index in [1.165, 1.54) is 4.90 Å². The van der Waals surface area contributed by atoms with Crippen molar-refractivity contribution in [3.8, 4) is 11.5 Å². The largest absolute Gasteiger partial charge is 0.507 e. The number of methoxy groups -OCH3 is 2. The zero-order chi connectivity index (χ0) is 22.0. The minimum atomic E-state index is -0.688. The highest BCUT2D eigenvalue weighted by Gasteiger charge is 2.45. The van der Waals surface area contributed by atoms with Gasteiger partial charge in [0.05, 0.1) is 25.3 Å². The van der Waals surface area contributed by atoms with Crippen molar-refractivity contribution in [1.29, 1.82) is 0 Å². The first-order valence-corrected chi connectivity index (χ1v) is 10.2. The van der Waals surface area contributed by atoms with E-state index in [1.54, 1.807) is 38.5 Å². The molecule has 0 aromatic heterocycles. The molecule has 31 heavy (non-hydrogen) atoms. The molecule has 0 bridgehead atoms. The molecule has 162 valence electrons. The van der Waals surface area contributed by atoms with E-state index in [0.717, 1.165) is 23.3 Å². The van der Waals surface area contributed by atoms with Crippen LogP contribution < -0.4 is 9.47 Å². The smallest absolute Gasteiger partial charge is 0.295 e. The number of aliphatic hydroxyl groups excluding tert-OH is 1. The highest BCUT2D eigenvalue weighted by molar-refractivity contribution is 6.46. The number of likely N-dealkylation sites (tertiary alicyclic amines) is 1. The van der Waals surface area contributed by atoms with E-state index in [4.69, 9.17) is 14.2 Å². The number of fused-ring (bicyclic) bond motifs is 1. The first-order chi connectivity index (χ1) is 15.0. The summed E-state index contributed by atoms with van der Waals surface area (Å²) in [5.74, 6) is -0.0412. The molecule has 0 aliphatic carbocycles. The lowest BCUT2D eigenvalue weighted by molar-refractivity contribution is -0.140. The van der Waals surface area contributed by atoms with Gasteiger partial charge in [0.1, 0.15) is 17.3 Å². The average Bonchev–Trinajstić information content (AvgIpc) is 3.36. The first-order valence-electron chi connectivity index (χ1n) is 10.2. The highest BCUT2D eigenvalue weighted by atomic mass is 16.5. The topological polar surface area (TPSA) is 85.3 Å². The van der Waals surface area contributed by atoms with Gasteiger partial charge >= 0.3 is 0 Å². The van der Waals surface area contributed by atoms with Crippen LogP contribution in [0.3, 0.4) is 0 Å². The zero-order valence-electron chi connectivity index (χ0n) is 17.6. The van der Waals surface area contributed by atoms with E-state index in [9.17, 15) is 14.7 Å². The molecule has 2 aromatic rings. The van der Waals surface area contributed by atoms with Crippen molar-refractivity contribution in [2.24, 2.45) is 0 Å². The standard InChI is InChI=1S/C24H25NO6/c1-29-12-3-11-25-21(15-4-7-18(30-2)8-5-15)20(23(27)24(25)28)22(26)17-6-9-19-16(14-17)10-13-31-19/h4-9,14,21,26H,3,10-13H2,1-2H3/b22-20-. The molecular formula is C24H25NO6. The van der Waals surface area contributed by atoms with E-state index in [1.807, 2.05) is 18.2 Å². The van der Waals surface area contributed by atoms with Crippen LogP contribution >= 0.6 is 0 Å². The highest BCUT2D eigenvalue weighted by Crippen LogP contribution is 2.40. The minimum absolute atomic E-state index is 0.0893. The molecule has 1 atom stereocenters. The van der Waals surface area contributed by atoms with Crippen molar-refractivity contribution >= 4 is 17.4 Å². The van der Waals surface area contributed by atoms with Gasteiger partial charge in [0.15, 0.2) is 0 Å². The lowest BCUT2D eigenvalue weighted by Gasteiger charge is -2.25. The van der Waals surface area contributed by atoms with Gasteiger partial charge in [-0.15, -0.1) is 0 Å². The quantitative estimate of drug-likeness (QED) is 0.319. The van der Waals surface area contributed by atoms with Gasteiger partial charge in [-0.3, -0.25) is 9.59 Å². The number of aliphatic hydroxyl groups is 1. The molecule has 2 aliphatic rings. The Morgan fingerprint density at radius 3 is 2.65 bits per heavy atom. The van der Waals surface area contributed by atoms with Gasteiger partial charge in [-0.05, 0) is 47.9 Å². The number of carbonyl (C=O) groups is 2. The number of rotatable bonds is 7. The third-order valence-corrected chi connectivity index (χ3v) is 5.68. The molecule has 1 N–H and O–H groups in total. The summed E-state index contributed by atoms with van der Waals surface area (Å²) >= 11 is 0. The molecule has 0 spiro atoms. The summed E-state index contributed by atoms with van der Waals surface area (Å²) in [6, 6.07) is 11.8. The maximum Gasteiger partial charge on any atom is 0.295 e. The summed E-state index contributed by atoms with van der Waals surface area (Å²) in [6.07, 6.45) is 1.32. The molecule has 1 saturated heterocycles. The number of amides is 1. The molecular weight excluding hydrogens is 398 g/mol. The van der Waals surface area contributed by atoms with E-state index in [2.05, 4.69) is 0 Å². The molecule has 0 radical (unpaired) electrons. The number of ether oxygens (including phenoxy) is 3. The SMILES string of the molecule is COCCCN1C(=O)C(=O)/C(=C(\O)c2ccc3c(c2)CCO3)C1c1ccc(OC)cc1. The second-order valence-corrected chi connectivity index (χ2v) is 7.53. The number of Topliss-reactive ketones (excluding diaryl/α,β-unsaturated/α-hetero) is 1. The Bertz CT molecular complexity index is 1030. The molecule has 1 amide bonds. The monoisotopic (exact) mass is 423 g/mol. The molecule has 1 fully saturated rings. The van der Waals surface area contributed by atoms with Crippen molar-refractivity contribution in [2.45, 2.75) is 18.9 Å². The van der Waals surface area contributed by atoms with Crippen LogP contribution in [0.15, 0.2) is 48.0 Å². The average molecular weight is 423 g/mol. The fraction of sp³-hybridized carbons (Fsp3) is 0.333. The number of hydrogen-bond acceptors (Lipinski definition) is 6. The summed E-state index contributed by atoms with van der Waals surface area (Å²) in [4.78, 5) is 27.4. The van der Waals surface area contributed by atoms with Gasteiger partial charge < -0.3 is 24.2 Å². The van der Waals surface area contributed by atoms with Gasteiger partial charge in [-0.2, -0.15) is 0 Å². The normalized spacial score (nSPS) is 19.4. The van der Waals surface area contributed by atoms with Crippen LogP contribution in [0, 0.1) is 0 Å². The van der Waals surface area contributed by atoms with Gasteiger partial charge in [0.2, 0.25) is 0 Å². The molecule has 7 nitrogen and oxygen atoms in total. The van der Waals surface area contributed by atoms with Crippen molar-refractivity contribution in [3.05, 3.63) is 64.7 Å².